The van der Waals surface area contributed by atoms with Crippen molar-refractivity contribution >= 4 is 17.7 Å². The number of carbonyl (C=O) groups is 1. The smallest absolute Gasteiger partial charge is 0.242 e. The Morgan fingerprint density at radius 1 is 1.61 bits per heavy atom. The molecular formula is C12H19N5O. The standard InChI is InChI=1S/C12H19N5O/c1-3-5-14-12-15-6-4-10(16-12)17-8-7-13-11(18)9(17)2/h4,6,9H,3,5,7-8H2,1-2H3,(H,13,18)(H,14,15,16). The molecule has 1 aliphatic heterocycles. The minimum atomic E-state index is -0.187. The number of rotatable bonds is 4. The van der Waals surface area contributed by atoms with Gasteiger partial charge in [0.1, 0.15) is 11.9 Å². The third kappa shape index (κ3) is 2.69. The van der Waals surface area contributed by atoms with Gasteiger partial charge in [-0.05, 0) is 19.4 Å². The Bertz CT molecular complexity index is 423. The van der Waals surface area contributed by atoms with Crippen LogP contribution in [0.25, 0.3) is 0 Å². The molecule has 0 aromatic carbocycles. The van der Waals surface area contributed by atoms with Crippen molar-refractivity contribution in [2.75, 3.05) is 29.9 Å². The molecule has 0 bridgehead atoms. The predicted octanol–water partition coefficient (Wildman–Crippen LogP) is 0.623. The third-order valence-corrected chi connectivity index (χ3v) is 2.97. The van der Waals surface area contributed by atoms with Gasteiger partial charge in [-0.25, -0.2) is 4.98 Å². The molecule has 98 valence electrons. The van der Waals surface area contributed by atoms with Gasteiger partial charge >= 0.3 is 0 Å². The highest BCUT2D eigenvalue weighted by atomic mass is 16.2. The average Bonchev–Trinajstić information content (AvgIpc) is 2.40. The molecule has 0 spiro atoms. The quantitative estimate of drug-likeness (QED) is 0.818. The van der Waals surface area contributed by atoms with Crippen molar-refractivity contribution in [1.29, 1.82) is 0 Å². The summed E-state index contributed by atoms with van der Waals surface area (Å²) in [5.41, 5.74) is 0. The first-order valence-corrected chi connectivity index (χ1v) is 6.33. The van der Waals surface area contributed by atoms with E-state index in [0.29, 0.717) is 12.5 Å². The predicted molar refractivity (Wildman–Crippen MR) is 70.6 cm³/mol. The molecule has 18 heavy (non-hydrogen) atoms. The van der Waals surface area contributed by atoms with Crippen LogP contribution in [0.1, 0.15) is 20.3 Å². The summed E-state index contributed by atoms with van der Waals surface area (Å²) in [6, 6.07) is 1.65. The Labute approximate surface area is 107 Å². The Morgan fingerprint density at radius 2 is 2.44 bits per heavy atom. The molecule has 2 rings (SSSR count). The van der Waals surface area contributed by atoms with E-state index in [1.54, 1.807) is 6.20 Å². The first-order chi connectivity index (χ1) is 8.72. The molecule has 1 saturated heterocycles. The van der Waals surface area contributed by atoms with E-state index in [9.17, 15) is 4.79 Å². The Morgan fingerprint density at radius 3 is 3.22 bits per heavy atom. The number of nitrogens with one attached hydrogen (secondary N) is 2. The van der Waals surface area contributed by atoms with Crippen molar-refractivity contribution in [2.45, 2.75) is 26.3 Å². The molecule has 2 N–H and O–H groups in total. The summed E-state index contributed by atoms with van der Waals surface area (Å²) in [6.45, 7) is 6.26. The molecule has 1 atom stereocenters. The Kier molecular flexibility index (Phi) is 3.96. The molecular weight excluding hydrogens is 230 g/mol. The number of anilines is 2. The molecule has 2 heterocycles. The fourth-order valence-corrected chi connectivity index (χ4v) is 1.93. The highest BCUT2D eigenvalue weighted by Gasteiger charge is 2.26. The van der Waals surface area contributed by atoms with Gasteiger partial charge in [0.15, 0.2) is 0 Å². The summed E-state index contributed by atoms with van der Waals surface area (Å²) >= 11 is 0. The van der Waals surface area contributed by atoms with Gasteiger partial charge in [-0.3, -0.25) is 4.79 Å². The molecule has 0 saturated carbocycles. The number of piperazine rings is 1. The third-order valence-electron chi connectivity index (χ3n) is 2.97. The molecule has 6 nitrogen and oxygen atoms in total. The number of nitrogens with zero attached hydrogens (tertiary/aromatic N) is 3. The molecule has 1 unspecified atom stereocenters. The van der Waals surface area contributed by atoms with Gasteiger partial charge in [-0.15, -0.1) is 0 Å². The molecule has 1 fully saturated rings. The monoisotopic (exact) mass is 249 g/mol. The van der Waals surface area contributed by atoms with Crippen LogP contribution < -0.4 is 15.5 Å². The maximum absolute atomic E-state index is 11.6. The van der Waals surface area contributed by atoms with Crippen molar-refractivity contribution in [3.63, 3.8) is 0 Å². The number of amides is 1. The van der Waals surface area contributed by atoms with Crippen molar-refractivity contribution in [3.05, 3.63) is 12.3 Å². The maximum atomic E-state index is 11.6. The summed E-state index contributed by atoms with van der Waals surface area (Å²) in [4.78, 5) is 22.2. The molecule has 1 aliphatic rings. The summed E-state index contributed by atoms with van der Waals surface area (Å²) in [6.07, 6.45) is 2.75. The SMILES string of the molecule is CCCNc1nccc(N2CCNC(=O)C2C)n1. The van der Waals surface area contributed by atoms with E-state index < -0.39 is 0 Å². The Hall–Kier alpha value is -1.85. The molecule has 6 heteroatoms. The van der Waals surface area contributed by atoms with Gasteiger partial charge in [0.25, 0.3) is 0 Å². The molecule has 1 amide bonds. The largest absolute Gasteiger partial charge is 0.354 e. The zero-order valence-corrected chi connectivity index (χ0v) is 10.8. The fraction of sp³-hybridized carbons (Fsp3) is 0.583. The van der Waals surface area contributed by atoms with Crippen LogP contribution >= 0.6 is 0 Å². The minimum absolute atomic E-state index is 0.0444. The van der Waals surface area contributed by atoms with Crippen LogP contribution in [-0.4, -0.2) is 41.6 Å². The van der Waals surface area contributed by atoms with Gasteiger partial charge in [0.05, 0.1) is 0 Å². The van der Waals surface area contributed by atoms with Crippen LogP contribution in [0.15, 0.2) is 12.3 Å². The van der Waals surface area contributed by atoms with E-state index in [0.717, 1.165) is 25.3 Å². The van der Waals surface area contributed by atoms with Crippen LogP contribution in [-0.2, 0) is 4.79 Å². The second-order valence-corrected chi connectivity index (χ2v) is 4.33. The highest BCUT2D eigenvalue weighted by Crippen LogP contribution is 2.16. The van der Waals surface area contributed by atoms with Crippen LogP contribution in [0.3, 0.4) is 0 Å². The summed E-state index contributed by atoms with van der Waals surface area (Å²) < 4.78 is 0. The van der Waals surface area contributed by atoms with Crippen molar-refractivity contribution < 1.29 is 4.79 Å². The van der Waals surface area contributed by atoms with Gasteiger partial charge in [-0.2, -0.15) is 4.98 Å². The zero-order chi connectivity index (χ0) is 13.0. The lowest BCUT2D eigenvalue weighted by atomic mass is 10.2. The fourth-order valence-electron chi connectivity index (χ4n) is 1.93. The van der Waals surface area contributed by atoms with Gasteiger partial charge < -0.3 is 15.5 Å². The summed E-state index contributed by atoms with van der Waals surface area (Å²) in [7, 11) is 0. The van der Waals surface area contributed by atoms with Crippen molar-refractivity contribution in [1.82, 2.24) is 15.3 Å². The number of carbonyl (C=O) groups excluding carboxylic acids is 1. The van der Waals surface area contributed by atoms with E-state index in [4.69, 9.17) is 0 Å². The van der Waals surface area contributed by atoms with Gasteiger partial charge in [0, 0.05) is 25.8 Å². The van der Waals surface area contributed by atoms with E-state index in [-0.39, 0.29) is 11.9 Å². The molecule has 1 aromatic rings. The zero-order valence-electron chi connectivity index (χ0n) is 10.8. The molecule has 0 aliphatic carbocycles. The molecule has 1 aromatic heterocycles. The van der Waals surface area contributed by atoms with Crippen LogP contribution in [0.4, 0.5) is 11.8 Å². The number of aromatic nitrogens is 2. The summed E-state index contributed by atoms with van der Waals surface area (Å²) in [5, 5.41) is 5.99. The van der Waals surface area contributed by atoms with E-state index in [1.807, 2.05) is 17.9 Å². The average molecular weight is 249 g/mol. The van der Waals surface area contributed by atoms with E-state index in [2.05, 4.69) is 27.5 Å². The van der Waals surface area contributed by atoms with Gasteiger partial charge in [0.2, 0.25) is 11.9 Å². The van der Waals surface area contributed by atoms with Crippen LogP contribution in [0.5, 0.6) is 0 Å². The highest BCUT2D eigenvalue weighted by molar-refractivity contribution is 5.85. The van der Waals surface area contributed by atoms with Crippen LogP contribution in [0, 0.1) is 0 Å². The molecule has 0 radical (unpaired) electrons. The lowest BCUT2D eigenvalue weighted by Gasteiger charge is -2.33. The first-order valence-electron chi connectivity index (χ1n) is 6.33. The lowest BCUT2D eigenvalue weighted by Crippen LogP contribution is -2.54. The summed E-state index contributed by atoms with van der Waals surface area (Å²) in [5.74, 6) is 1.46. The Balaban J connectivity index is 2.14. The van der Waals surface area contributed by atoms with Gasteiger partial charge in [-0.1, -0.05) is 6.92 Å². The second kappa shape index (κ2) is 5.66. The number of hydrogen-bond donors (Lipinski definition) is 2. The topological polar surface area (TPSA) is 70.2 Å². The first kappa shape index (κ1) is 12.6. The van der Waals surface area contributed by atoms with E-state index >= 15 is 0 Å². The lowest BCUT2D eigenvalue weighted by molar-refractivity contribution is -0.122. The van der Waals surface area contributed by atoms with Crippen molar-refractivity contribution in [2.24, 2.45) is 0 Å². The normalized spacial score (nSPS) is 19.6. The second-order valence-electron chi connectivity index (χ2n) is 4.33. The van der Waals surface area contributed by atoms with E-state index in [1.165, 1.54) is 0 Å². The minimum Gasteiger partial charge on any atom is -0.354 e. The van der Waals surface area contributed by atoms with Crippen LogP contribution in [0.2, 0.25) is 0 Å². The van der Waals surface area contributed by atoms with Crippen molar-refractivity contribution in [3.8, 4) is 0 Å². The number of hydrogen-bond acceptors (Lipinski definition) is 5. The maximum Gasteiger partial charge on any atom is 0.242 e.